The summed E-state index contributed by atoms with van der Waals surface area (Å²) in [6.07, 6.45) is -5.09. The van der Waals surface area contributed by atoms with Crippen molar-refractivity contribution in [3.8, 4) is 28.3 Å². The summed E-state index contributed by atoms with van der Waals surface area (Å²) in [5.41, 5.74) is -2.02. The number of alkyl halides is 3. The second kappa shape index (κ2) is 10.7. The molecule has 0 aliphatic rings. The zero-order valence-corrected chi connectivity index (χ0v) is 20.1. The van der Waals surface area contributed by atoms with Gasteiger partial charge in [-0.05, 0) is 27.1 Å². The van der Waals surface area contributed by atoms with Crippen LogP contribution in [-0.4, -0.2) is 71.4 Å². The number of methoxy groups -OCH3 is 1. The van der Waals surface area contributed by atoms with E-state index >= 15 is 0 Å². The molecule has 9 nitrogen and oxygen atoms in total. The Bertz CT molecular complexity index is 1190. The number of aliphatic hydroxyl groups excluding tert-OH is 1. The first-order chi connectivity index (χ1) is 16.5. The van der Waals surface area contributed by atoms with Crippen molar-refractivity contribution in [1.82, 2.24) is 19.8 Å². The fourth-order valence-corrected chi connectivity index (χ4v) is 3.60. The van der Waals surface area contributed by atoms with E-state index in [1.54, 1.807) is 12.1 Å². The predicted octanol–water partition coefficient (Wildman–Crippen LogP) is 3.99. The number of nitrogens with zero attached hydrogens (tertiary/aromatic N) is 4. The number of rotatable bonds is 9. The average molecular weight is 517 g/mol. The van der Waals surface area contributed by atoms with Gasteiger partial charge in [0.1, 0.15) is 23.6 Å². The molecule has 0 aliphatic carbocycles. The van der Waals surface area contributed by atoms with Gasteiger partial charge in [-0.3, -0.25) is 4.68 Å². The Morgan fingerprint density at radius 3 is 2.63 bits per heavy atom. The molecule has 0 spiro atoms. The summed E-state index contributed by atoms with van der Waals surface area (Å²) in [5.74, 6) is -1.18. The van der Waals surface area contributed by atoms with Crippen LogP contribution in [0.1, 0.15) is 23.0 Å². The Morgan fingerprint density at radius 2 is 2.03 bits per heavy atom. The molecule has 1 N–H and O–H groups in total. The Kier molecular flexibility index (Phi) is 8.08. The molecular formula is C22H24ClF3N4O5. The summed E-state index contributed by atoms with van der Waals surface area (Å²) >= 11 is 6.50. The van der Waals surface area contributed by atoms with E-state index in [0.717, 1.165) is 13.3 Å². The molecule has 0 saturated heterocycles. The summed E-state index contributed by atoms with van der Waals surface area (Å²) < 4.78 is 58.2. The van der Waals surface area contributed by atoms with E-state index in [9.17, 15) is 23.1 Å². The third-order valence-corrected chi connectivity index (χ3v) is 5.28. The molecule has 0 radical (unpaired) electrons. The second-order valence-corrected chi connectivity index (χ2v) is 8.31. The minimum atomic E-state index is -4.88. The Balaban J connectivity index is 2.16. The summed E-state index contributed by atoms with van der Waals surface area (Å²) in [6, 6.07) is 4.74. The lowest BCUT2D eigenvalue weighted by molar-refractivity contribution is -0.144. The van der Waals surface area contributed by atoms with Gasteiger partial charge in [-0.1, -0.05) is 28.9 Å². The number of aliphatic hydroxyl groups is 1. The van der Waals surface area contributed by atoms with Crippen LogP contribution in [0.25, 0.3) is 22.6 Å². The first-order valence-corrected chi connectivity index (χ1v) is 10.8. The molecule has 1 atom stereocenters. The largest absolute Gasteiger partial charge is 0.491 e. The maximum Gasteiger partial charge on any atom is 0.433 e. The summed E-state index contributed by atoms with van der Waals surface area (Å²) in [5, 5.41) is 17.3. The minimum Gasteiger partial charge on any atom is -0.491 e. The third kappa shape index (κ3) is 5.77. The maximum atomic E-state index is 14.0. The molecule has 3 rings (SSSR count). The van der Waals surface area contributed by atoms with Crippen LogP contribution in [0, 0.1) is 0 Å². The first-order valence-electron chi connectivity index (χ1n) is 10.4. The van der Waals surface area contributed by atoms with Gasteiger partial charge in [0.15, 0.2) is 11.5 Å². The minimum absolute atomic E-state index is 0.0945. The number of aromatic nitrogens is 3. The molecule has 1 aromatic carbocycles. The average Bonchev–Trinajstić information content (AvgIpc) is 3.37. The van der Waals surface area contributed by atoms with Crippen molar-refractivity contribution < 1.29 is 37.1 Å². The lowest BCUT2D eigenvalue weighted by Gasteiger charge is -2.14. The van der Waals surface area contributed by atoms with Crippen LogP contribution in [0.3, 0.4) is 0 Å². The van der Waals surface area contributed by atoms with Crippen LogP contribution in [0.4, 0.5) is 13.2 Å². The second-order valence-electron chi connectivity index (χ2n) is 7.93. The molecule has 0 bridgehead atoms. The molecule has 190 valence electrons. The lowest BCUT2D eigenvalue weighted by Crippen LogP contribution is -2.21. The van der Waals surface area contributed by atoms with Crippen molar-refractivity contribution in [3.63, 3.8) is 0 Å². The van der Waals surface area contributed by atoms with Crippen LogP contribution < -0.4 is 4.74 Å². The third-order valence-electron chi connectivity index (χ3n) is 4.89. The number of likely N-dealkylation sites (N-methyl/N-ethyl adjacent to an activating group) is 1. The van der Waals surface area contributed by atoms with Gasteiger partial charge in [0.05, 0.1) is 36.5 Å². The van der Waals surface area contributed by atoms with Gasteiger partial charge in [-0.25, -0.2) is 4.79 Å². The van der Waals surface area contributed by atoms with Crippen molar-refractivity contribution >= 4 is 17.6 Å². The van der Waals surface area contributed by atoms with E-state index in [4.69, 9.17) is 25.6 Å². The van der Waals surface area contributed by atoms with Crippen LogP contribution in [0.2, 0.25) is 5.02 Å². The highest BCUT2D eigenvalue weighted by Gasteiger charge is 2.41. The Labute approximate surface area is 204 Å². The molecule has 3 aromatic rings. The smallest absolute Gasteiger partial charge is 0.433 e. The zero-order valence-electron chi connectivity index (χ0n) is 19.4. The molecule has 0 fully saturated rings. The number of halogens is 4. The van der Waals surface area contributed by atoms with Crippen LogP contribution in [0.5, 0.6) is 5.75 Å². The highest BCUT2D eigenvalue weighted by atomic mass is 35.5. The first kappa shape index (κ1) is 26.5. The number of benzene rings is 1. The van der Waals surface area contributed by atoms with Gasteiger partial charge in [-0.15, -0.1) is 0 Å². The van der Waals surface area contributed by atoms with Crippen LogP contribution in [-0.2, 0) is 17.5 Å². The van der Waals surface area contributed by atoms with E-state index in [2.05, 4.69) is 10.3 Å². The monoisotopic (exact) mass is 516 g/mol. The summed E-state index contributed by atoms with van der Waals surface area (Å²) in [6.45, 7) is 1.82. The molecule has 0 unspecified atom stereocenters. The van der Waals surface area contributed by atoms with Gasteiger partial charge in [0.2, 0.25) is 0 Å². The van der Waals surface area contributed by atoms with Crippen molar-refractivity contribution in [1.29, 1.82) is 0 Å². The molecule has 0 saturated carbocycles. The topological polar surface area (TPSA) is 103 Å². The molecule has 2 aromatic heterocycles. The molecule has 35 heavy (non-hydrogen) atoms. The molecule has 0 amide bonds. The quantitative estimate of drug-likeness (QED) is 0.426. The summed E-state index contributed by atoms with van der Waals surface area (Å²) in [7, 11) is 4.83. The highest BCUT2D eigenvalue weighted by molar-refractivity contribution is 6.35. The van der Waals surface area contributed by atoms with E-state index < -0.39 is 41.8 Å². The van der Waals surface area contributed by atoms with Gasteiger partial charge >= 0.3 is 12.1 Å². The number of hydrogen-bond acceptors (Lipinski definition) is 8. The number of carbonyl (C=O) groups is 1. The molecule has 13 heteroatoms. The van der Waals surface area contributed by atoms with Crippen LogP contribution in [0.15, 0.2) is 28.9 Å². The van der Waals surface area contributed by atoms with Gasteiger partial charge in [0.25, 0.3) is 0 Å². The Morgan fingerprint density at radius 1 is 1.31 bits per heavy atom. The molecule has 2 heterocycles. The van der Waals surface area contributed by atoms with Crippen molar-refractivity contribution in [2.45, 2.75) is 25.7 Å². The SMILES string of the molecule is COC(=O)c1c(-c2cccc(OCCN(C)C)c2Cl)noc1-c1cnn(C[C@H](C)O)c1C(F)(F)F. The summed E-state index contributed by atoms with van der Waals surface area (Å²) in [4.78, 5) is 14.6. The molecule has 0 aliphatic heterocycles. The number of hydrogen-bond donors (Lipinski definition) is 1. The van der Waals surface area contributed by atoms with Gasteiger partial charge in [-0.2, -0.15) is 18.3 Å². The fourth-order valence-electron chi connectivity index (χ4n) is 3.33. The normalized spacial score (nSPS) is 12.7. The lowest BCUT2D eigenvalue weighted by atomic mass is 10.0. The number of esters is 1. The fraction of sp³-hybridized carbons (Fsp3) is 0.409. The number of ether oxygens (including phenoxy) is 2. The van der Waals surface area contributed by atoms with E-state index in [1.165, 1.54) is 13.0 Å². The predicted molar refractivity (Wildman–Crippen MR) is 120 cm³/mol. The standard InChI is InChI=1S/C22H24ClF3N4O5/c1-12(31)11-30-20(22(24,25)26)14(10-27-30)19-16(21(32)33-4)18(28-35-19)13-6-5-7-15(17(13)23)34-9-8-29(2)3/h5-7,10,12,31H,8-9,11H2,1-4H3/t12-/m0/s1. The van der Waals surface area contributed by atoms with E-state index in [1.807, 2.05) is 19.0 Å². The van der Waals surface area contributed by atoms with Gasteiger partial charge in [0, 0.05) is 12.1 Å². The van der Waals surface area contributed by atoms with Crippen LogP contribution >= 0.6 is 11.6 Å². The maximum absolute atomic E-state index is 14.0. The Hall–Kier alpha value is -3.09. The van der Waals surface area contributed by atoms with Crippen molar-refractivity contribution in [2.75, 3.05) is 34.4 Å². The van der Waals surface area contributed by atoms with E-state index in [-0.39, 0.29) is 21.8 Å². The zero-order chi connectivity index (χ0) is 25.9. The number of carbonyl (C=O) groups excluding carboxylic acids is 1. The molecular weight excluding hydrogens is 493 g/mol. The van der Waals surface area contributed by atoms with E-state index in [0.29, 0.717) is 23.6 Å². The van der Waals surface area contributed by atoms with Crippen molar-refractivity contribution in [3.05, 3.63) is 40.7 Å². The van der Waals surface area contributed by atoms with Gasteiger partial charge < -0.3 is 24.0 Å². The van der Waals surface area contributed by atoms with Crippen molar-refractivity contribution in [2.24, 2.45) is 0 Å². The highest BCUT2D eigenvalue weighted by Crippen LogP contribution is 2.43.